The lowest BCUT2D eigenvalue weighted by Gasteiger charge is -2.36. The summed E-state index contributed by atoms with van der Waals surface area (Å²) >= 11 is 13.0. The van der Waals surface area contributed by atoms with Crippen molar-refractivity contribution in [1.82, 2.24) is 9.21 Å². The van der Waals surface area contributed by atoms with Crippen molar-refractivity contribution in [3.05, 3.63) is 45.3 Å². The molecule has 0 bridgehead atoms. The number of thiophene rings is 1. The van der Waals surface area contributed by atoms with Gasteiger partial charge in [0.25, 0.3) is 5.91 Å². The largest absolute Gasteiger partial charge is 0.366 e. The molecule has 1 saturated heterocycles. The molecule has 2 aromatic rings. The zero-order valence-electron chi connectivity index (χ0n) is 16.0. The standard InChI is InChI=1S/C18H20Cl2N4O4S2/c1-11(17(26)22-18-13(16(21)25)4-9-29-18)23-5-7-24(8-6-23)30(27,28)12-2-3-14(19)15(20)10-12/h2-4,9-11H,5-8H2,1H3,(H2,21,25)(H,22,26)/t11-/m1/s1. The third kappa shape index (κ3) is 4.79. The van der Waals surface area contributed by atoms with Crippen LogP contribution in [0.1, 0.15) is 17.3 Å². The van der Waals surface area contributed by atoms with E-state index in [0.717, 1.165) is 0 Å². The predicted octanol–water partition coefficient (Wildman–Crippen LogP) is 2.49. The van der Waals surface area contributed by atoms with Crippen molar-refractivity contribution in [1.29, 1.82) is 0 Å². The van der Waals surface area contributed by atoms with Crippen LogP contribution in [0.3, 0.4) is 0 Å². The first-order valence-corrected chi connectivity index (χ1v) is 12.1. The van der Waals surface area contributed by atoms with Gasteiger partial charge in [0.15, 0.2) is 0 Å². The van der Waals surface area contributed by atoms with Crippen molar-refractivity contribution in [3.63, 3.8) is 0 Å². The Balaban J connectivity index is 1.63. The smallest absolute Gasteiger partial charge is 0.251 e. The molecule has 2 amide bonds. The Morgan fingerprint density at radius 1 is 1.13 bits per heavy atom. The number of carbonyl (C=O) groups excluding carboxylic acids is 2. The molecule has 3 rings (SSSR count). The molecule has 0 aliphatic carbocycles. The Morgan fingerprint density at radius 3 is 2.40 bits per heavy atom. The number of primary amides is 1. The summed E-state index contributed by atoms with van der Waals surface area (Å²) in [5.74, 6) is -0.902. The number of hydrogen-bond donors (Lipinski definition) is 2. The van der Waals surface area contributed by atoms with E-state index in [1.54, 1.807) is 18.4 Å². The predicted molar refractivity (Wildman–Crippen MR) is 118 cm³/mol. The number of carbonyl (C=O) groups is 2. The number of nitrogens with zero attached hydrogens (tertiary/aromatic N) is 2. The third-order valence-corrected chi connectivity index (χ3v) is 8.36. The normalized spacial score (nSPS) is 16.9. The summed E-state index contributed by atoms with van der Waals surface area (Å²) < 4.78 is 27.1. The van der Waals surface area contributed by atoms with Gasteiger partial charge in [0.05, 0.1) is 26.5 Å². The number of nitrogens with two attached hydrogens (primary N) is 1. The van der Waals surface area contributed by atoms with Crippen LogP contribution in [0.2, 0.25) is 10.0 Å². The number of rotatable bonds is 6. The molecule has 1 aromatic heterocycles. The Hall–Kier alpha value is -1.69. The fraction of sp³-hybridized carbons (Fsp3) is 0.333. The highest BCUT2D eigenvalue weighted by Gasteiger charge is 2.32. The number of sulfonamides is 1. The second-order valence-corrected chi connectivity index (χ2v) is 10.4. The first kappa shape index (κ1) is 23.0. The van der Waals surface area contributed by atoms with Crippen LogP contribution in [0, 0.1) is 0 Å². The molecule has 2 heterocycles. The van der Waals surface area contributed by atoms with Gasteiger partial charge >= 0.3 is 0 Å². The second-order valence-electron chi connectivity index (χ2n) is 6.71. The van der Waals surface area contributed by atoms with Gasteiger partial charge < -0.3 is 11.1 Å². The van der Waals surface area contributed by atoms with Gasteiger partial charge in [-0.25, -0.2) is 8.42 Å². The van der Waals surface area contributed by atoms with Gasteiger partial charge in [-0.3, -0.25) is 14.5 Å². The molecule has 0 radical (unpaired) electrons. The first-order valence-electron chi connectivity index (χ1n) is 8.98. The summed E-state index contributed by atoms with van der Waals surface area (Å²) in [4.78, 5) is 26.0. The molecule has 30 heavy (non-hydrogen) atoms. The van der Waals surface area contributed by atoms with Crippen LogP contribution in [-0.2, 0) is 14.8 Å². The molecular weight excluding hydrogens is 471 g/mol. The first-order chi connectivity index (χ1) is 14.1. The minimum atomic E-state index is -3.71. The average molecular weight is 491 g/mol. The minimum Gasteiger partial charge on any atom is -0.366 e. The van der Waals surface area contributed by atoms with Crippen LogP contribution in [0.5, 0.6) is 0 Å². The summed E-state index contributed by atoms with van der Waals surface area (Å²) in [5, 5.41) is 5.26. The van der Waals surface area contributed by atoms with E-state index in [9.17, 15) is 18.0 Å². The maximum atomic E-state index is 12.9. The Bertz CT molecular complexity index is 1070. The molecule has 0 unspecified atom stereocenters. The van der Waals surface area contributed by atoms with E-state index in [0.29, 0.717) is 18.1 Å². The molecule has 0 spiro atoms. The Kier molecular flexibility index (Phi) is 7.05. The quantitative estimate of drug-likeness (QED) is 0.645. The average Bonchev–Trinajstić information content (AvgIpc) is 3.18. The van der Waals surface area contributed by atoms with Crippen LogP contribution in [0.15, 0.2) is 34.5 Å². The van der Waals surface area contributed by atoms with Gasteiger partial charge in [-0.15, -0.1) is 11.3 Å². The summed E-state index contributed by atoms with van der Waals surface area (Å²) in [6, 6.07) is 5.25. The van der Waals surface area contributed by atoms with Gasteiger partial charge in [-0.05, 0) is 36.6 Å². The van der Waals surface area contributed by atoms with Crippen molar-refractivity contribution >= 4 is 61.4 Å². The monoisotopic (exact) mass is 490 g/mol. The number of anilines is 1. The molecule has 8 nitrogen and oxygen atoms in total. The van der Waals surface area contributed by atoms with Crippen molar-refractivity contribution in [2.45, 2.75) is 17.9 Å². The Labute approximate surface area is 188 Å². The number of benzene rings is 1. The highest BCUT2D eigenvalue weighted by molar-refractivity contribution is 7.89. The van der Waals surface area contributed by atoms with E-state index in [1.165, 1.54) is 33.8 Å². The van der Waals surface area contributed by atoms with Crippen molar-refractivity contribution in [2.24, 2.45) is 5.73 Å². The van der Waals surface area contributed by atoms with Crippen LogP contribution in [0.4, 0.5) is 5.00 Å². The van der Waals surface area contributed by atoms with Crippen LogP contribution < -0.4 is 11.1 Å². The SMILES string of the molecule is C[C@H](C(=O)Nc1sccc1C(N)=O)N1CCN(S(=O)(=O)c2ccc(Cl)c(Cl)c2)CC1. The molecule has 12 heteroatoms. The third-order valence-electron chi connectivity index (χ3n) is 4.90. The lowest BCUT2D eigenvalue weighted by atomic mass is 10.2. The van der Waals surface area contributed by atoms with E-state index in [1.807, 2.05) is 4.90 Å². The zero-order chi connectivity index (χ0) is 22.1. The van der Waals surface area contributed by atoms with Crippen LogP contribution in [-0.4, -0.2) is 61.7 Å². The van der Waals surface area contributed by atoms with Crippen molar-refractivity contribution in [3.8, 4) is 0 Å². The number of halogens is 2. The van der Waals surface area contributed by atoms with Gasteiger partial charge in [0.2, 0.25) is 15.9 Å². The van der Waals surface area contributed by atoms with Gasteiger partial charge in [-0.1, -0.05) is 23.2 Å². The lowest BCUT2D eigenvalue weighted by Crippen LogP contribution is -2.53. The van der Waals surface area contributed by atoms with Gasteiger partial charge in [-0.2, -0.15) is 4.31 Å². The summed E-state index contributed by atoms with van der Waals surface area (Å²) in [6.45, 7) is 2.94. The number of piperazine rings is 1. The molecular formula is C18H20Cl2N4O4S2. The van der Waals surface area contributed by atoms with Gasteiger partial charge in [0, 0.05) is 26.2 Å². The molecule has 0 saturated carbocycles. The molecule has 1 atom stereocenters. The van der Waals surface area contributed by atoms with E-state index in [-0.39, 0.29) is 39.5 Å². The fourth-order valence-corrected chi connectivity index (χ4v) is 5.71. The summed E-state index contributed by atoms with van der Waals surface area (Å²) in [5.41, 5.74) is 5.57. The highest BCUT2D eigenvalue weighted by Crippen LogP contribution is 2.27. The second kappa shape index (κ2) is 9.21. The maximum Gasteiger partial charge on any atom is 0.251 e. The zero-order valence-corrected chi connectivity index (χ0v) is 19.1. The number of nitrogens with one attached hydrogen (secondary N) is 1. The number of hydrogen-bond acceptors (Lipinski definition) is 6. The van der Waals surface area contributed by atoms with Gasteiger partial charge in [0.1, 0.15) is 5.00 Å². The van der Waals surface area contributed by atoms with Crippen LogP contribution >= 0.6 is 34.5 Å². The molecule has 1 fully saturated rings. The molecule has 3 N–H and O–H groups in total. The van der Waals surface area contributed by atoms with E-state index in [4.69, 9.17) is 28.9 Å². The molecule has 162 valence electrons. The number of amides is 2. The Morgan fingerprint density at radius 2 is 1.80 bits per heavy atom. The topological polar surface area (TPSA) is 113 Å². The fourth-order valence-electron chi connectivity index (χ4n) is 3.10. The summed E-state index contributed by atoms with van der Waals surface area (Å²) in [7, 11) is -3.71. The van der Waals surface area contributed by atoms with Crippen molar-refractivity contribution < 1.29 is 18.0 Å². The van der Waals surface area contributed by atoms with Crippen LogP contribution in [0.25, 0.3) is 0 Å². The lowest BCUT2D eigenvalue weighted by molar-refractivity contribution is -0.121. The van der Waals surface area contributed by atoms with E-state index < -0.39 is 22.0 Å². The highest BCUT2D eigenvalue weighted by atomic mass is 35.5. The molecule has 1 aliphatic heterocycles. The van der Waals surface area contributed by atoms with Crippen molar-refractivity contribution in [2.75, 3.05) is 31.5 Å². The summed E-state index contributed by atoms with van der Waals surface area (Å²) in [6.07, 6.45) is 0. The molecule has 1 aliphatic rings. The van der Waals surface area contributed by atoms with E-state index >= 15 is 0 Å². The minimum absolute atomic E-state index is 0.0767. The van der Waals surface area contributed by atoms with E-state index in [2.05, 4.69) is 5.32 Å². The maximum absolute atomic E-state index is 12.9. The molecule has 1 aromatic carbocycles.